The SMILES string of the molecule is CC(C)c1nccn1CC1CN(C(=O)CC2CC2)C1. The van der Waals surface area contributed by atoms with Gasteiger partial charge in [0.15, 0.2) is 0 Å². The van der Waals surface area contributed by atoms with Crippen LogP contribution >= 0.6 is 0 Å². The molecule has 4 heteroatoms. The molecule has 19 heavy (non-hydrogen) atoms. The molecule has 4 nitrogen and oxygen atoms in total. The highest BCUT2D eigenvalue weighted by Crippen LogP contribution is 2.34. The van der Waals surface area contributed by atoms with E-state index in [-0.39, 0.29) is 0 Å². The first-order chi connectivity index (χ1) is 9.13. The summed E-state index contributed by atoms with van der Waals surface area (Å²) in [4.78, 5) is 18.3. The Labute approximate surface area is 114 Å². The molecular formula is C15H23N3O. The van der Waals surface area contributed by atoms with Gasteiger partial charge in [-0.1, -0.05) is 13.8 Å². The number of carbonyl (C=O) groups is 1. The number of rotatable bonds is 5. The average molecular weight is 261 g/mol. The third-order valence-electron chi connectivity index (χ3n) is 4.19. The highest BCUT2D eigenvalue weighted by molar-refractivity contribution is 5.77. The van der Waals surface area contributed by atoms with Crippen LogP contribution in [0.4, 0.5) is 0 Å². The molecule has 0 bridgehead atoms. The molecule has 1 amide bonds. The van der Waals surface area contributed by atoms with Gasteiger partial charge in [0.25, 0.3) is 0 Å². The number of hydrogen-bond acceptors (Lipinski definition) is 2. The first-order valence-electron chi connectivity index (χ1n) is 7.42. The second-order valence-corrected chi connectivity index (χ2v) is 6.40. The number of nitrogens with zero attached hydrogens (tertiary/aromatic N) is 3. The van der Waals surface area contributed by atoms with Crippen molar-refractivity contribution in [2.45, 2.75) is 45.6 Å². The van der Waals surface area contributed by atoms with Gasteiger partial charge in [0.1, 0.15) is 5.82 Å². The fourth-order valence-corrected chi connectivity index (χ4v) is 2.84. The molecule has 1 aliphatic carbocycles. The summed E-state index contributed by atoms with van der Waals surface area (Å²) < 4.78 is 2.25. The Hall–Kier alpha value is -1.32. The van der Waals surface area contributed by atoms with Gasteiger partial charge in [-0.15, -0.1) is 0 Å². The van der Waals surface area contributed by atoms with E-state index in [1.54, 1.807) is 0 Å². The van der Waals surface area contributed by atoms with Gasteiger partial charge in [0.2, 0.25) is 5.91 Å². The maximum atomic E-state index is 11.9. The van der Waals surface area contributed by atoms with Crippen LogP contribution in [-0.2, 0) is 11.3 Å². The molecule has 0 aromatic carbocycles. The van der Waals surface area contributed by atoms with Gasteiger partial charge in [-0.05, 0) is 18.8 Å². The zero-order valence-electron chi connectivity index (χ0n) is 11.9. The summed E-state index contributed by atoms with van der Waals surface area (Å²) >= 11 is 0. The number of imidazole rings is 1. The number of aromatic nitrogens is 2. The lowest BCUT2D eigenvalue weighted by Crippen LogP contribution is -2.51. The minimum atomic E-state index is 0.369. The summed E-state index contributed by atoms with van der Waals surface area (Å²) in [6.07, 6.45) is 7.24. The van der Waals surface area contributed by atoms with Gasteiger partial charge in [-0.2, -0.15) is 0 Å². The molecule has 1 aromatic rings. The van der Waals surface area contributed by atoms with E-state index in [0.717, 1.165) is 31.9 Å². The van der Waals surface area contributed by atoms with Gasteiger partial charge < -0.3 is 9.47 Å². The van der Waals surface area contributed by atoms with Gasteiger partial charge in [0.05, 0.1) is 0 Å². The van der Waals surface area contributed by atoms with Crippen molar-refractivity contribution in [1.29, 1.82) is 0 Å². The van der Waals surface area contributed by atoms with Crippen LogP contribution in [0.2, 0.25) is 0 Å². The molecule has 0 spiro atoms. The molecule has 3 rings (SSSR count). The van der Waals surface area contributed by atoms with Crippen molar-refractivity contribution in [2.75, 3.05) is 13.1 Å². The third kappa shape index (κ3) is 2.82. The molecule has 2 fully saturated rings. The lowest BCUT2D eigenvalue weighted by Gasteiger charge is -2.40. The first-order valence-corrected chi connectivity index (χ1v) is 7.42. The predicted octanol–water partition coefficient (Wildman–Crippen LogP) is 2.27. The van der Waals surface area contributed by atoms with Crippen molar-refractivity contribution in [2.24, 2.45) is 11.8 Å². The van der Waals surface area contributed by atoms with E-state index in [1.807, 2.05) is 11.1 Å². The summed E-state index contributed by atoms with van der Waals surface area (Å²) in [5, 5.41) is 0. The number of hydrogen-bond donors (Lipinski definition) is 0. The van der Waals surface area contributed by atoms with Crippen LogP contribution < -0.4 is 0 Å². The Bertz CT molecular complexity index is 456. The minimum absolute atomic E-state index is 0.369. The Kier molecular flexibility index (Phi) is 3.33. The maximum absolute atomic E-state index is 11.9. The number of carbonyl (C=O) groups excluding carboxylic acids is 1. The minimum Gasteiger partial charge on any atom is -0.342 e. The van der Waals surface area contributed by atoms with E-state index in [9.17, 15) is 4.79 Å². The molecule has 0 unspecified atom stereocenters. The first kappa shape index (κ1) is 12.7. The van der Waals surface area contributed by atoms with E-state index >= 15 is 0 Å². The van der Waals surface area contributed by atoms with Gasteiger partial charge in [0, 0.05) is 50.3 Å². The van der Waals surface area contributed by atoms with E-state index in [0.29, 0.717) is 23.7 Å². The lowest BCUT2D eigenvalue weighted by molar-refractivity contribution is -0.138. The highest BCUT2D eigenvalue weighted by atomic mass is 16.2. The van der Waals surface area contributed by atoms with Crippen LogP contribution in [0.3, 0.4) is 0 Å². The molecule has 0 radical (unpaired) electrons. The number of likely N-dealkylation sites (tertiary alicyclic amines) is 1. The van der Waals surface area contributed by atoms with Crippen LogP contribution in [0.5, 0.6) is 0 Å². The predicted molar refractivity (Wildman–Crippen MR) is 73.7 cm³/mol. The molecule has 1 saturated heterocycles. The zero-order chi connectivity index (χ0) is 13.4. The normalized spacial score (nSPS) is 19.8. The second kappa shape index (κ2) is 4.99. The van der Waals surface area contributed by atoms with E-state index < -0.39 is 0 Å². The summed E-state index contributed by atoms with van der Waals surface area (Å²) in [5.41, 5.74) is 0. The highest BCUT2D eigenvalue weighted by Gasteiger charge is 2.34. The van der Waals surface area contributed by atoms with Crippen LogP contribution in [0.1, 0.15) is 44.9 Å². The Morgan fingerprint density at radius 1 is 1.37 bits per heavy atom. The molecule has 2 heterocycles. The van der Waals surface area contributed by atoms with E-state index in [2.05, 4.69) is 29.6 Å². The summed E-state index contributed by atoms with van der Waals surface area (Å²) in [6.45, 7) is 7.21. The molecule has 0 atom stereocenters. The summed E-state index contributed by atoms with van der Waals surface area (Å²) in [7, 11) is 0. The van der Waals surface area contributed by atoms with Crippen LogP contribution in [0.25, 0.3) is 0 Å². The summed E-state index contributed by atoms with van der Waals surface area (Å²) in [5.74, 6) is 3.29. The molecule has 1 aromatic heterocycles. The van der Waals surface area contributed by atoms with Crippen molar-refractivity contribution in [3.05, 3.63) is 18.2 Å². The van der Waals surface area contributed by atoms with E-state index in [1.165, 1.54) is 12.8 Å². The van der Waals surface area contributed by atoms with Crippen molar-refractivity contribution in [1.82, 2.24) is 14.5 Å². The van der Waals surface area contributed by atoms with Crippen molar-refractivity contribution < 1.29 is 4.79 Å². The molecule has 1 aliphatic heterocycles. The Balaban J connectivity index is 1.48. The third-order valence-corrected chi connectivity index (χ3v) is 4.19. The standard InChI is InChI=1S/C15H23N3O/c1-11(2)15-16-5-6-17(15)8-13-9-18(10-13)14(19)7-12-3-4-12/h5-6,11-13H,3-4,7-10H2,1-2H3. The largest absolute Gasteiger partial charge is 0.342 e. The maximum Gasteiger partial charge on any atom is 0.222 e. The Morgan fingerprint density at radius 3 is 2.74 bits per heavy atom. The summed E-state index contributed by atoms with van der Waals surface area (Å²) in [6, 6.07) is 0. The van der Waals surface area contributed by atoms with Gasteiger partial charge >= 0.3 is 0 Å². The molecule has 0 N–H and O–H groups in total. The second-order valence-electron chi connectivity index (χ2n) is 6.40. The Morgan fingerprint density at radius 2 is 2.11 bits per heavy atom. The molecular weight excluding hydrogens is 238 g/mol. The molecule has 2 aliphatic rings. The van der Waals surface area contributed by atoms with Gasteiger partial charge in [-0.25, -0.2) is 4.98 Å². The van der Waals surface area contributed by atoms with Gasteiger partial charge in [-0.3, -0.25) is 4.79 Å². The number of amides is 1. The average Bonchev–Trinajstić information content (AvgIpc) is 2.98. The van der Waals surface area contributed by atoms with Crippen LogP contribution in [-0.4, -0.2) is 33.4 Å². The molecule has 1 saturated carbocycles. The van der Waals surface area contributed by atoms with E-state index in [4.69, 9.17) is 0 Å². The van der Waals surface area contributed by atoms with Crippen LogP contribution in [0.15, 0.2) is 12.4 Å². The topological polar surface area (TPSA) is 38.1 Å². The smallest absolute Gasteiger partial charge is 0.222 e. The fourth-order valence-electron chi connectivity index (χ4n) is 2.84. The lowest BCUT2D eigenvalue weighted by atomic mass is 9.99. The quantitative estimate of drug-likeness (QED) is 0.815. The van der Waals surface area contributed by atoms with Crippen molar-refractivity contribution >= 4 is 5.91 Å². The van der Waals surface area contributed by atoms with Crippen molar-refractivity contribution in [3.63, 3.8) is 0 Å². The molecule has 104 valence electrons. The van der Waals surface area contributed by atoms with Crippen molar-refractivity contribution in [3.8, 4) is 0 Å². The monoisotopic (exact) mass is 261 g/mol. The zero-order valence-corrected chi connectivity index (χ0v) is 11.9. The van der Waals surface area contributed by atoms with Crippen LogP contribution in [0, 0.1) is 11.8 Å². The fraction of sp³-hybridized carbons (Fsp3) is 0.733.